The Morgan fingerprint density at radius 1 is 0.909 bits per heavy atom. The Morgan fingerprint density at radius 2 is 1.61 bits per heavy atom. The molecule has 0 atom stereocenters. The number of hydrogen-bond acceptors (Lipinski definition) is 3. The van der Waals surface area contributed by atoms with Crippen molar-refractivity contribution in [3.05, 3.63) is 53.8 Å². The zero-order valence-electron chi connectivity index (χ0n) is 19.2. The molecule has 33 heavy (non-hydrogen) atoms. The van der Waals surface area contributed by atoms with Crippen LogP contribution in [0.5, 0.6) is 0 Å². The third-order valence-electron chi connectivity index (χ3n) is 6.65. The Hall–Kier alpha value is -3.09. The van der Waals surface area contributed by atoms with Crippen molar-refractivity contribution in [3.8, 4) is 0 Å². The number of hydrogen-bond donors (Lipinski definition) is 3. The summed E-state index contributed by atoms with van der Waals surface area (Å²) in [7, 11) is 0. The summed E-state index contributed by atoms with van der Waals surface area (Å²) < 4.78 is 13.4. The van der Waals surface area contributed by atoms with Gasteiger partial charge >= 0.3 is 6.03 Å². The number of rotatable bonds is 5. The van der Waals surface area contributed by atoms with Gasteiger partial charge in [-0.25, -0.2) is 9.18 Å². The number of amides is 3. The monoisotopic (exact) mass is 452 g/mol. The van der Waals surface area contributed by atoms with Gasteiger partial charge < -0.3 is 20.9 Å². The smallest absolute Gasteiger partial charge is 0.323 e. The molecule has 2 aromatic carbocycles. The fourth-order valence-electron chi connectivity index (χ4n) is 4.69. The second-order valence-electron chi connectivity index (χ2n) is 9.30. The van der Waals surface area contributed by atoms with Gasteiger partial charge in [-0.05, 0) is 68.0 Å². The third-order valence-corrected chi connectivity index (χ3v) is 6.65. The van der Waals surface area contributed by atoms with E-state index in [1.165, 1.54) is 24.6 Å². The van der Waals surface area contributed by atoms with Crippen LogP contribution >= 0.6 is 0 Å². The zero-order chi connectivity index (χ0) is 23.2. The third kappa shape index (κ3) is 6.24. The molecule has 1 heterocycles. The average molecular weight is 453 g/mol. The molecule has 1 saturated heterocycles. The molecular formula is C26H33FN4O2. The van der Waals surface area contributed by atoms with Crippen LogP contribution in [0.25, 0.3) is 0 Å². The van der Waals surface area contributed by atoms with E-state index < -0.39 is 11.8 Å². The van der Waals surface area contributed by atoms with Gasteiger partial charge in [0.15, 0.2) is 0 Å². The molecule has 0 aromatic heterocycles. The predicted octanol–water partition coefficient (Wildman–Crippen LogP) is 5.77. The first kappa shape index (κ1) is 23.1. The van der Waals surface area contributed by atoms with E-state index in [1.54, 1.807) is 12.1 Å². The van der Waals surface area contributed by atoms with Gasteiger partial charge in [-0.2, -0.15) is 0 Å². The molecular weight excluding hydrogens is 419 g/mol. The predicted molar refractivity (Wildman–Crippen MR) is 130 cm³/mol. The first-order valence-electron chi connectivity index (χ1n) is 12.0. The van der Waals surface area contributed by atoms with Gasteiger partial charge in [-0.3, -0.25) is 4.79 Å². The van der Waals surface area contributed by atoms with Crippen molar-refractivity contribution in [2.75, 3.05) is 28.6 Å². The highest BCUT2D eigenvalue weighted by Gasteiger charge is 2.24. The summed E-state index contributed by atoms with van der Waals surface area (Å²) in [5, 5.41) is 8.62. The molecule has 7 heteroatoms. The van der Waals surface area contributed by atoms with Gasteiger partial charge in [0.1, 0.15) is 5.82 Å². The number of anilines is 3. The zero-order valence-corrected chi connectivity index (χ0v) is 19.2. The second kappa shape index (κ2) is 10.7. The summed E-state index contributed by atoms with van der Waals surface area (Å²) in [5.41, 5.74) is 2.37. The molecule has 2 fully saturated rings. The maximum atomic E-state index is 13.4. The van der Waals surface area contributed by atoms with Crippen LogP contribution in [-0.2, 0) is 0 Å². The van der Waals surface area contributed by atoms with E-state index in [1.807, 2.05) is 12.1 Å². The summed E-state index contributed by atoms with van der Waals surface area (Å²) in [6, 6.07) is 10.9. The van der Waals surface area contributed by atoms with E-state index in [0.717, 1.165) is 57.3 Å². The molecule has 4 rings (SSSR count). The first-order valence-corrected chi connectivity index (χ1v) is 12.0. The van der Waals surface area contributed by atoms with Crippen molar-refractivity contribution in [2.45, 2.75) is 57.9 Å². The van der Waals surface area contributed by atoms with Gasteiger partial charge in [0.05, 0.1) is 5.56 Å². The Labute approximate surface area is 194 Å². The van der Waals surface area contributed by atoms with E-state index in [9.17, 15) is 14.0 Å². The molecule has 1 saturated carbocycles. The molecule has 3 amide bonds. The topological polar surface area (TPSA) is 73.5 Å². The van der Waals surface area contributed by atoms with Gasteiger partial charge in [-0.15, -0.1) is 0 Å². The van der Waals surface area contributed by atoms with Crippen LogP contribution in [0.15, 0.2) is 42.5 Å². The van der Waals surface area contributed by atoms with Crippen LogP contribution < -0.4 is 20.9 Å². The quantitative estimate of drug-likeness (QED) is 0.539. The van der Waals surface area contributed by atoms with Crippen LogP contribution in [0.2, 0.25) is 0 Å². The average Bonchev–Trinajstić information content (AvgIpc) is 2.80. The largest absolute Gasteiger partial charge is 0.371 e. The lowest BCUT2D eigenvalue weighted by molar-refractivity contribution is 0.0928. The SMILES string of the molecule is CC1CCN(c2ccc(NC(=O)Nc3cccc(F)c3)cc2C(=O)NC2CCCCC2)CC1. The normalized spacial score (nSPS) is 17.5. The highest BCUT2D eigenvalue weighted by molar-refractivity contribution is 6.04. The van der Waals surface area contributed by atoms with E-state index >= 15 is 0 Å². The van der Waals surface area contributed by atoms with Crippen molar-refractivity contribution in [2.24, 2.45) is 5.92 Å². The highest BCUT2D eigenvalue weighted by atomic mass is 19.1. The van der Waals surface area contributed by atoms with Crippen LogP contribution in [-0.4, -0.2) is 31.1 Å². The van der Waals surface area contributed by atoms with Crippen molar-refractivity contribution in [1.82, 2.24) is 5.32 Å². The fourth-order valence-corrected chi connectivity index (χ4v) is 4.69. The number of piperidine rings is 1. The minimum Gasteiger partial charge on any atom is -0.371 e. The molecule has 1 aliphatic heterocycles. The van der Waals surface area contributed by atoms with Crippen molar-refractivity contribution in [3.63, 3.8) is 0 Å². The van der Waals surface area contributed by atoms with Crippen LogP contribution in [0.4, 0.5) is 26.2 Å². The number of urea groups is 1. The molecule has 6 nitrogen and oxygen atoms in total. The molecule has 176 valence electrons. The molecule has 2 aliphatic rings. The highest BCUT2D eigenvalue weighted by Crippen LogP contribution is 2.29. The minimum atomic E-state index is -0.487. The number of nitrogens with one attached hydrogen (secondary N) is 3. The summed E-state index contributed by atoms with van der Waals surface area (Å²) in [4.78, 5) is 28.0. The number of carbonyl (C=O) groups is 2. The van der Waals surface area contributed by atoms with E-state index in [2.05, 4.69) is 27.8 Å². The number of benzene rings is 2. The Bertz CT molecular complexity index is 982. The van der Waals surface area contributed by atoms with Crippen molar-refractivity contribution >= 4 is 29.0 Å². The van der Waals surface area contributed by atoms with Crippen LogP contribution in [0.3, 0.4) is 0 Å². The number of carbonyl (C=O) groups excluding carboxylic acids is 2. The molecule has 3 N–H and O–H groups in total. The molecule has 1 aliphatic carbocycles. The summed E-state index contributed by atoms with van der Waals surface area (Å²) in [6.45, 7) is 4.09. The summed E-state index contributed by atoms with van der Waals surface area (Å²) in [5.74, 6) is 0.174. The number of nitrogens with zero attached hydrogens (tertiary/aromatic N) is 1. The van der Waals surface area contributed by atoms with Crippen molar-refractivity contribution in [1.29, 1.82) is 0 Å². The number of halogens is 1. The van der Waals surface area contributed by atoms with E-state index in [-0.39, 0.29) is 11.9 Å². The molecule has 0 bridgehead atoms. The van der Waals surface area contributed by atoms with Crippen LogP contribution in [0.1, 0.15) is 62.2 Å². The molecule has 2 aromatic rings. The fraction of sp³-hybridized carbons (Fsp3) is 0.462. The summed E-state index contributed by atoms with van der Waals surface area (Å²) >= 11 is 0. The van der Waals surface area contributed by atoms with Gasteiger partial charge in [-0.1, -0.05) is 32.3 Å². The minimum absolute atomic E-state index is 0.0929. The Kier molecular flexibility index (Phi) is 7.47. The van der Waals surface area contributed by atoms with Crippen molar-refractivity contribution < 1.29 is 14.0 Å². The summed E-state index contributed by atoms with van der Waals surface area (Å²) in [6.07, 6.45) is 7.72. The molecule has 0 radical (unpaired) electrons. The molecule has 0 unspecified atom stereocenters. The Balaban J connectivity index is 1.52. The van der Waals surface area contributed by atoms with Gasteiger partial charge in [0, 0.05) is 36.2 Å². The van der Waals surface area contributed by atoms with Gasteiger partial charge in [0.2, 0.25) is 0 Å². The lowest BCUT2D eigenvalue weighted by Gasteiger charge is -2.34. The Morgan fingerprint density at radius 3 is 2.30 bits per heavy atom. The van der Waals surface area contributed by atoms with Crippen LogP contribution in [0, 0.1) is 11.7 Å². The maximum absolute atomic E-state index is 13.4. The first-order chi connectivity index (χ1) is 16.0. The second-order valence-corrected chi connectivity index (χ2v) is 9.30. The lowest BCUT2D eigenvalue weighted by atomic mass is 9.95. The standard InChI is InChI=1S/C26H33FN4O2/c1-18-12-14-31(15-13-18)24-11-10-22(30-26(33)29-21-9-5-6-19(27)16-21)17-23(24)25(32)28-20-7-3-2-4-8-20/h5-6,9-11,16-18,20H,2-4,7-8,12-15H2,1H3,(H,28,32)(H2,29,30,33). The van der Waals surface area contributed by atoms with E-state index in [0.29, 0.717) is 22.9 Å². The lowest BCUT2D eigenvalue weighted by Crippen LogP contribution is -2.38. The maximum Gasteiger partial charge on any atom is 0.323 e. The van der Waals surface area contributed by atoms with Gasteiger partial charge in [0.25, 0.3) is 5.91 Å². The molecule has 0 spiro atoms. The van der Waals surface area contributed by atoms with E-state index in [4.69, 9.17) is 0 Å².